The Balaban J connectivity index is 2.23. The number of amidine groups is 1. The Hall–Kier alpha value is -1.78. The number of oxime groups is 1. The van der Waals surface area contributed by atoms with E-state index in [9.17, 15) is 0 Å². The third kappa shape index (κ3) is 2.33. The van der Waals surface area contributed by atoms with E-state index >= 15 is 0 Å². The van der Waals surface area contributed by atoms with E-state index in [4.69, 9.17) is 10.9 Å². The molecule has 92 valence electrons. The van der Waals surface area contributed by atoms with Gasteiger partial charge in [-0.1, -0.05) is 19.0 Å². The van der Waals surface area contributed by atoms with E-state index in [1.165, 1.54) is 0 Å². The number of pyridine rings is 1. The standard InChI is InChI=1S/C12H18N4O/c1-8-6-16(7-9(8)2)10-3-4-14-11(5-10)12(13)15-17/h3-5,8-9,17H,6-7H2,1-2H3,(H2,13,15). The zero-order valence-corrected chi connectivity index (χ0v) is 10.2. The van der Waals surface area contributed by atoms with Crippen LogP contribution in [0.25, 0.3) is 0 Å². The SMILES string of the molecule is CC1CN(c2ccnc(C(N)=NO)c2)CC1C. The van der Waals surface area contributed by atoms with Gasteiger partial charge in [0, 0.05) is 25.0 Å². The molecule has 0 bridgehead atoms. The van der Waals surface area contributed by atoms with Crippen LogP contribution in [-0.2, 0) is 0 Å². The van der Waals surface area contributed by atoms with Gasteiger partial charge in [-0.2, -0.15) is 0 Å². The van der Waals surface area contributed by atoms with Gasteiger partial charge < -0.3 is 15.8 Å². The molecule has 0 amide bonds. The van der Waals surface area contributed by atoms with Gasteiger partial charge >= 0.3 is 0 Å². The molecule has 0 aromatic carbocycles. The largest absolute Gasteiger partial charge is 0.409 e. The topological polar surface area (TPSA) is 74.7 Å². The molecule has 1 aliphatic heterocycles. The quantitative estimate of drug-likeness (QED) is 0.350. The lowest BCUT2D eigenvalue weighted by atomic mass is 10.0. The minimum absolute atomic E-state index is 0.0483. The van der Waals surface area contributed by atoms with Crippen molar-refractivity contribution in [3.8, 4) is 0 Å². The van der Waals surface area contributed by atoms with E-state index in [0.717, 1.165) is 18.8 Å². The van der Waals surface area contributed by atoms with E-state index in [1.807, 2.05) is 12.1 Å². The Bertz CT molecular complexity index is 422. The van der Waals surface area contributed by atoms with Crippen molar-refractivity contribution < 1.29 is 5.21 Å². The lowest BCUT2D eigenvalue weighted by Gasteiger charge is -2.18. The molecule has 0 saturated carbocycles. The molecule has 1 aromatic heterocycles. The number of rotatable bonds is 2. The molecule has 1 fully saturated rings. The molecule has 1 aromatic rings. The average Bonchev–Trinajstić information content (AvgIpc) is 2.69. The molecule has 1 aliphatic rings. The van der Waals surface area contributed by atoms with Crippen LogP contribution >= 0.6 is 0 Å². The van der Waals surface area contributed by atoms with Crippen molar-refractivity contribution in [3.63, 3.8) is 0 Å². The summed E-state index contributed by atoms with van der Waals surface area (Å²) in [6.07, 6.45) is 1.69. The molecule has 0 radical (unpaired) electrons. The molecule has 2 atom stereocenters. The first-order valence-corrected chi connectivity index (χ1v) is 5.80. The first kappa shape index (κ1) is 11.7. The number of hydrogen-bond acceptors (Lipinski definition) is 4. The molecular weight excluding hydrogens is 216 g/mol. The van der Waals surface area contributed by atoms with Crippen molar-refractivity contribution in [2.75, 3.05) is 18.0 Å². The summed E-state index contributed by atoms with van der Waals surface area (Å²) >= 11 is 0. The van der Waals surface area contributed by atoms with Gasteiger partial charge in [0.15, 0.2) is 5.84 Å². The fourth-order valence-electron chi connectivity index (χ4n) is 2.15. The van der Waals surface area contributed by atoms with Crippen molar-refractivity contribution in [2.24, 2.45) is 22.7 Å². The zero-order chi connectivity index (χ0) is 12.4. The maximum atomic E-state index is 8.64. The van der Waals surface area contributed by atoms with Crippen LogP contribution in [0, 0.1) is 11.8 Å². The number of nitrogens with zero attached hydrogens (tertiary/aromatic N) is 3. The van der Waals surface area contributed by atoms with Gasteiger partial charge in [0.25, 0.3) is 0 Å². The number of nitrogens with two attached hydrogens (primary N) is 1. The highest BCUT2D eigenvalue weighted by molar-refractivity contribution is 5.95. The molecule has 5 nitrogen and oxygen atoms in total. The first-order valence-electron chi connectivity index (χ1n) is 5.80. The Morgan fingerprint density at radius 2 is 2.12 bits per heavy atom. The summed E-state index contributed by atoms with van der Waals surface area (Å²) in [5.74, 6) is 1.43. The monoisotopic (exact) mass is 234 g/mol. The molecule has 2 rings (SSSR count). The van der Waals surface area contributed by atoms with Crippen LogP contribution < -0.4 is 10.6 Å². The second-order valence-electron chi connectivity index (χ2n) is 4.74. The van der Waals surface area contributed by atoms with Crippen LogP contribution in [0.1, 0.15) is 19.5 Å². The molecule has 2 heterocycles. The predicted molar refractivity (Wildman–Crippen MR) is 67.3 cm³/mol. The van der Waals surface area contributed by atoms with Crippen LogP contribution in [0.15, 0.2) is 23.5 Å². The van der Waals surface area contributed by atoms with Crippen molar-refractivity contribution in [1.82, 2.24) is 4.98 Å². The van der Waals surface area contributed by atoms with Gasteiger partial charge in [0.2, 0.25) is 0 Å². The van der Waals surface area contributed by atoms with Gasteiger partial charge in [-0.25, -0.2) is 0 Å². The van der Waals surface area contributed by atoms with E-state index < -0.39 is 0 Å². The molecule has 2 unspecified atom stereocenters. The number of aromatic nitrogens is 1. The highest BCUT2D eigenvalue weighted by Gasteiger charge is 2.26. The Labute approximate surface area is 101 Å². The second-order valence-corrected chi connectivity index (χ2v) is 4.74. The molecule has 0 aliphatic carbocycles. The van der Waals surface area contributed by atoms with Crippen molar-refractivity contribution in [2.45, 2.75) is 13.8 Å². The van der Waals surface area contributed by atoms with Crippen LogP contribution in [0.5, 0.6) is 0 Å². The highest BCUT2D eigenvalue weighted by Crippen LogP contribution is 2.27. The van der Waals surface area contributed by atoms with E-state index in [2.05, 4.69) is 28.9 Å². The summed E-state index contributed by atoms with van der Waals surface area (Å²) < 4.78 is 0. The van der Waals surface area contributed by atoms with Crippen molar-refractivity contribution >= 4 is 11.5 Å². The third-order valence-electron chi connectivity index (χ3n) is 3.47. The summed E-state index contributed by atoms with van der Waals surface area (Å²) in [5, 5.41) is 11.6. The molecule has 5 heteroatoms. The third-order valence-corrected chi connectivity index (χ3v) is 3.47. The minimum atomic E-state index is 0.0483. The molecule has 3 N–H and O–H groups in total. The Kier molecular flexibility index (Phi) is 3.17. The van der Waals surface area contributed by atoms with Gasteiger partial charge in [-0.15, -0.1) is 0 Å². The van der Waals surface area contributed by atoms with Gasteiger partial charge in [0.1, 0.15) is 5.69 Å². The highest BCUT2D eigenvalue weighted by atomic mass is 16.4. The van der Waals surface area contributed by atoms with Crippen molar-refractivity contribution in [3.05, 3.63) is 24.0 Å². The Morgan fingerprint density at radius 1 is 1.47 bits per heavy atom. The van der Waals surface area contributed by atoms with E-state index in [0.29, 0.717) is 17.5 Å². The van der Waals surface area contributed by atoms with Gasteiger partial charge in [0.05, 0.1) is 0 Å². The molecule has 17 heavy (non-hydrogen) atoms. The summed E-state index contributed by atoms with van der Waals surface area (Å²) in [6.45, 7) is 6.61. The van der Waals surface area contributed by atoms with Gasteiger partial charge in [-0.05, 0) is 24.0 Å². The van der Waals surface area contributed by atoms with E-state index in [1.54, 1.807) is 6.20 Å². The molecule has 0 spiro atoms. The second kappa shape index (κ2) is 4.61. The van der Waals surface area contributed by atoms with Crippen LogP contribution in [0.3, 0.4) is 0 Å². The number of anilines is 1. The Morgan fingerprint density at radius 3 is 2.71 bits per heavy atom. The lowest BCUT2D eigenvalue weighted by molar-refractivity contribution is 0.318. The normalized spacial score (nSPS) is 25.3. The van der Waals surface area contributed by atoms with Crippen LogP contribution in [-0.4, -0.2) is 29.1 Å². The maximum Gasteiger partial charge on any atom is 0.188 e. The zero-order valence-electron chi connectivity index (χ0n) is 10.2. The van der Waals surface area contributed by atoms with E-state index in [-0.39, 0.29) is 5.84 Å². The summed E-state index contributed by atoms with van der Waals surface area (Å²) in [5.41, 5.74) is 7.13. The summed E-state index contributed by atoms with van der Waals surface area (Å²) in [6, 6.07) is 3.82. The van der Waals surface area contributed by atoms with Crippen LogP contribution in [0.2, 0.25) is 0 Å². The smallest absolute Gasteiger partial charge is 0.188 e. The average molecular weight is 234 g/mol. The van der Waals surface area contributed by atoms with Crippen LogP contribution in [0.4, 0.5) is 5.69 Å². The maximum absolute atomic E-state index is 8.64. The fourth-order valence-corrected chi connectivity index (χ4v) is 2.15. The predicted octanol–water partition coefficient (Wildman–Crippen LogP) is 1.27. The van der Waals surface area contributed by atoms with Crippen molar-refractivity contribution in [1.29, 1.82) is 0 Å². The fraction of sp³-hybridized carbons (Fsp3) is 0.500. The van der Waals surface area contributed by atoms with Gasteiger partial charge in [-0.3, -0.25) is 4.98 Å². The molecule has 1 saturated heterocycles. The lowest BCUT2D eigenvalue weighted by Crippen LogP contribution is -2.21. The summed E-state index contributed by atoms with van der Waals surface area (Å²) in [7, 11) is 0. The number of hydrogen-bond donors (Lipinski definition) is 2. The molecular formula is C12H18N4O. The summed E-state index contributed by atoms with van der Waals surface area (Å²) in [4.78, 5) is 6.39. The minimum Gasteiger partial charge on any atom is -0.409 e. The first-order chi connectivity index (χ1) is 8.11.